The number of nitrogens with zero attached hydrogens (tertiary/aromatic N) is 4. The minimum atomic E-state index is -0.344. The highest BCUT2D eigenvalue weighted by Crippen LogP contribution is 2.50. The van der Waals surface area contributed by atoms with Crippen molar-refractivity contribution in [3.8, 4) is 22.9 Å². The van der Waals surface area contributed by atoms with Crippen molar-refractivity contribution in [2.45, 2.75) is 51.2 Å². The van der Waals surface area contributed by atoms with Gasteiger partial charge >= 0.3 is 0 Å². The molecule has 3 aromatic rings. The third-order valence-corrected chi connectivity index (χ3v) is 9.50. The van der Waals surface area contributed by atoms with Crippen LogP contribution < -0.4 is 19.1 Å². The monoisotopic (exact) mass is 590 g/mol. The van der Waals surface area contributed by atoms with Crippen LogP contribution in [0.25, 0.3) is 5.69 Å². The van der Waals surface area contributed by atoms with Gasteiger partial charge in [0.15, 0.2) is 11.5 Å². The van der Waals surface area contributed by atoms with Gasteiger partial charge in [0.1, 0.15) is 18.1 Å². The van der Waals surface area contributed by atoms with E-state index in [-0.39, 0.29) is 41.6 Å². The Labute approximate surface area is 251 Å². The maximum atomic E-state index is 14.0. The lowest BCUT2D eigenvalue weighted by Gasteiger charge is -2.32. The van der Waals surface area contributed by atoms with Crippen LogP contribution >= 0.6 is 11.8 Å². The Morgan fingerprint density at radius 1 is 1.07 bits per heavy atom. The summed E-state index contributed by atoms with van der Waals surface area (Å²) in [5.41, 5.74) is 3.26. The molecule has 0 spiro atoms. The van der Waals surface area contributed by atoms with Crippen LogP contribution in [0.15, 0.2) is 42.5 Å². The van der Waals surface area contributed by atoms with Crippen LogP contribution in [0.5, 0.6) is 17.2 Å². The SMILES string of the molecule is COc1ccc(-n2nc(C(C)(C)C)c3c2N(CC(=O)N2CCC(C)CC2)C(=O)CSC3c2ccc3c(c2)OCO3)cc1. The summed E-state index contributed by atoms with van der Waals surface area (Å²) in [7, 11) is 1.63. The van der Waals surface area contributed by atoms with Crippen LogP contribution in [0, 0.1) is 5.92 Å². The smallest absolute Gasteiger partial charge is 0.242 e. The zero-order valence-corrected chi connectivity index (χ0v) is 25.7. The second-order valence-electron chi connectivity index (χ2n) is 12.3. The van der Waals surface area contributed by atoms with Crippen LogP contribution in [-0.2, 0) is 15.0 Å². The van der Waals surface area contributed by atoms with Gasteiger partial charge in [-0.3, -0.25) is 14.5 Å². The van der Waals surface area contributed by atoms with Crippen LogP contribution in [0.4, 0.5) is 5.82 Å². The zero-order valence-electron chi connectivity index (χ0n) is 24.9. The van der Waals surface area contributed by atoms with E-state index in [0.29, 0.717) is 36.3 Å². The van der Waals surface area contributed by atoms with E-state index < -0.39 is 0 Å². The molecular formula is C32H38N4O5S. The van der Waals surface area contributed by atoms with Gasteiger partial charge < -0.3 is 19.1 Å². The molecule has 1 fully saturated rings. The molecule has 222 valence electrons. The fourth-order valence-corrected chi connectivity index (χ4v) is 7.00. The number of carbonyl (C=O) groups excluding carboxylic acids is 2. The Bertz CT molecular complexity index is 1490. The number of benzene rings is 2. The third-order valence-electron chi connectivity index (χ3n) is 8.25. The van der Waals surface area contributed by atoms with Crippen LogP contribution in [0.1, 0.15) is 62.6 Å². The molecule has 0 aliphatic carbocycles. The fraction of sp³-hybridized carbons (Fsp3) is 0.469. The van der Waals surface area contributed by atoms with E-state index in [4.69, 9.17) is 19.3 Å². The molecule has 0 N–H and O–H groups in total. The number of anilines is 1. The number of rotatable bonds is 5. The first-order chi connectivity index (χ1) is 20.1. The Hall–Kier alpha value is -3.66. The van der Waals surface area contributed by atoms with Crippen molar-refractivity contribution in [1.29, 1.82) is 0 Å². The highest BCUT2D eigenvalue weighted by molar-refractivity contribution is 8.00. The number of aromatic nitrogens is 2. The highest BCUT2D eigenvalue weighted by atomic mass is 32.2. The van der Waals surface area contributed by atoms with Crippen molar-refractivity contribution in [3.05, 3.63) is 59.3 Å². The van der Waals surface area contributed by atoms with Gasteiger partial charge in [-0.15, -0.1) is 11.8 Å². The van der Waals surface area contributed by atoms with Gasteiger partial charge in [-0.05, 0) is 60.7 Å². The summed E-state index contributed by atoms with van der Waals surface area (Å²) in [5.74, 6) is 3.45. The van der Waals surface area contributed by atoms with Gasteiger partial charge in [-0.1, -0.05) is 33.8 Å². The van der Waals surface area contributed by atoms with Crippen molar-refractivity contribution in [1.82, 2.24) is 14.7 Å². The van der Waals surface area contributed by atoms with Gasteiger partial charge in [0.05, 0.1) is 29.5 Å². The van der Waals surface area contributed by atoms with Crippen molar-refractivity contribution in [2.75, 3.05) is 44.2 Å². The maximum absolute atomic E-state index is 14.0. The molecule has 1 unspecified atom stereocenters. The normalized spacial score (nSPS) is 19.1. The number of hydrogen-bond acceptors (Lipinski definition) is 7. The minimum Gasteiger partial charge on any atom is -0.497 e. The molecule has 1 atom stereocenters. The number of thioether (sulfide) groups is 1. The Morgan fingerprint density at radius 2 is 1.79 bits per heavy atom. The Morgan fingerprint density at radius 3 is 2.48 bits per heavy atom. The lowest BCUT2D eigenvalue weighted by atomic mass is 9.87. The van der Waals surface area contributed by atoms with Crippen LogP contribution in [0.3, 0.4) is 0 Å². The number of amides is 2. The summed E-state index contributed by atoms with van der Waals surface area (Å²) >= 11 is 1.56. The molecule has 4 heterocycles. The van der Waals surface area contributed by atoms with E-state index in [0.717, 1.165) is 41.1 Å². The second kappa shape index (κ2) is 11.2. The van der Waals surface area contributed by atoms with Crippen LogP contribution in [0.2, 0.25) is 0 Å². The number of piperidine rings is 1. The van der Waals surface area contributed by atoms with Gasteiger partial charge in [0.25, 0.3) is 0 Å². The van der Waals surface area contributed by atoms with Crippen molar-refractivity contribution >= 4 is 29.4 Å². The topological polar surface area (TPSA) is 86.1 Å². The minimum absolute atomic E-state index is 0.0277. The van der Waals surface area contributed by atoms with Gasteiger partial charge in [0, 0.05) is 24.1 Å². The largest absolute Gasteiger partial charge is 0.497 e. The summed E-state index contributed by atoms with van der Waals surface area (Å²) in [6, 6.07) is 13.6. The van der Waals surface area contributed by atoms with Crippen LogP contribution in [-0.4, -0.2) is 65.8 Å². The van der Waals surface area contributed by atoms with Crippen molar-refractivity contribution < 1.29 is 23.8 Å². The van der Waals surface area contributed by atoms with Gasteiger partial charge in [-0.25, -0.2) is 4.68 Å². The number of likely N-dealkylation sites (tertiary alicyclic amines) is 1. The summed E-state index contributed by atoms with van der Waals surface area (Å²) in [6.45, 7) is 10.2. The van der Waals surface area contributed by atoms with E-state index in [1.165, 1.54) is 0 Å². The molecule has 3 aliphatic rings. The van der Waals surface area contributed by atoms with Crippen molar-refractivity contribution in [3.63, 3.8) is 0 Å². The number of hydrogen-bond donors (Lipinski definition) is 0. The standard InChI is InChI=1S/C32H38N4O5S/c1-20-12-14-34(15-13-20)26(37)17-35-27(38)18-42-29(21-6-11-24-25(16-21)41-19-40-24)28-30(32(2,3)4)33-36(31(28)35)22-7-9-23(39-5)10-8-22/h6-11,16,20,29H,12-15,17-19H2,1-5H3. The molecule has 2 amide bonds. The van der Waals surface area contributed by atoms with E-state index >= 15 is 0 Å². The first-order valence-electron chi connectivity index (χ1n) is 14.5. The molecule has 3 aliphatic heterocycles. The molecule has 0 radical (unpaired) electrons. The lowest BCUT2D eigenvalue weighted by molar-refractivity contribution is -0.132. The predicted octanol–water partition coefficient (Wildman–Crippen LogP) is 5.33. The second-order valence-corrected chi connectivity index (χ2v) is 13.4. The van der Waals surface area contributed by atoms with E-state index in [1.54, 1.807) is 23.8 Å². The van der Waals surface area contributed by atoms with E-state index in [1.807, 2.05) is 52.0 Å². The number of carbonyl (C=O) groups is 2. The molecule has 2 aromatic carbocycles. The zero-order chi connectivity index (χ0) is 29.6. The Kier molecular flexibility index (Phi) is 7.59. The van der Waals surface area contributed by atoms with Crippen molar-refractivity contribution in [2.24, 2.45) is 5.92 Å². The van der Waals surface area contributed by atoms with Gasteiger partial charge in [0.2, 0.25) is 18.6 Å². The number of fused-ring (bicyclic) bond motifs is 2. The molecule has 1 saturated heterocycles. The molecule has 6 rings (SSSR count). The number of ether oxygens (including phenoxy) is 3. The summed E-state index contributed by atoms with van der Waals surface area (Å²) in [4.78, 5) is 31.3. The van der Waals surface area contributed by atoms with E-state index in [9.17, 15) is 9.59 Å². The molecule has 1 aromatic heterocycles. The Balaban J connectivity index is 1.52. The highest BCUT2D eigenvalue weighted by Gasteiger charge is 2.41. The fourth-order valence-electron chi connectivity index (χ4n) is 5.81. The molecule has 0 bridgehead atoms. The third kappa shape index (κ3) is 5.32. The van der Waals surface area contributed by atoms with E-state index in [2.05, 4.69) is 27.7 Å². The quantitative estimate of drug-likeness (QED) is 0.397. The summed E-state index contributed by atoms with van der Waals surface area (Å²) in [6.07, 6.45) is 1.95. The first kappa shape index (κ1) is 28.5. The average Bonchev–Trinajstić information content (AvgIpc) is 3.58. The number of methoxy groups -OCH3 is 1. The predicted molar refractivity (Wildman–Crippen MR) is 163 cm³/mol. The molecule has 42 heavy (non-hydrogen) atoms. The summed E-state index contributed by atoms with van der Waals surface area (Å²) in [5, 5.41) is 4.97. The maximum Gasteiger partial charge on any atom is 0.242 e. The lowest BCUT2D eigenvalue weighted by Crippen LogP contribution is -2.46. The molecule has 9 nitrogen and oxygen atoms in total. The molecule has 10 heteroatoms. The molecule has 0 saturated carbocycles. The summed E-state index contributed by atoms with van der Waals surface area (Å²) < 4.78 is 18.5. The van der Waals surface area contributed by atoms with Gasteiger partial charge in [-0.2, -0.15) is 5.10 Å². The average molecular weight is 591 g/mol. The molecular weight excluding hydrogens is 552 g/mol. The first-order valence-corrected chi connectivity index (χ1v) is 15.6.